The Balaban J connectivity index is -0.000000775. The number of carboxylic acid groups (broad SMARTS) is 2. The third kappa shape index (κ3) is 21.7. The molecule has 17 nitrogen and oxygen atoms in total. The number of carbonyl (C=O) groups is 9. The Hall–Kier alpha value is -6.26. The molecule has 359 valence electrons. The smallest absolute Gasteiger partial charge is 0.354 e. The van der Waals surface area contributed by atoms with E-state index in [2.05, 4.69) is 26.2 Å². The van der Waals surface area contributed by atoms with Crippen molar-refractivity contribution in [2.45, 2.75) is 61.4 Å². The number of aryl methyl sites for hydroxylation is 8. The monoisotopic (exact) mass is 1020 g/mol. The van der Waals surface area contributed by atoms with E-state index in [1.165, 1.54) is 33.4 Å². The number of aldehydes is 3. The van der Waals surface area contributed by atoms with E-state index in [1.54, 1.807) is 77.2 Å². The summed E-state index contributed by atoms with van der Waals surface area (Å²) < 4.78 is 8.93. The molecule has 2 atom stereocenters. The number of esters is 2. The van der Waals surface area contributed by atoms with Crippen molar-refractivity contribution >= 4 is 70.5 Å². The number of rotatable bonds is 12. The van der Waals surface area contributed by atoms with Gasteiger partial charge in [-0.05, 0) is 136 Å². The molecule has 1 radical (unpaired) electrons. The van der Waals surface area contributed by atoms with Gasteiger partial charge in [0.15, 0.2) is 18.6 Å². The van der Waals surface area contributed by atoms with E-state index in [9.17, 15) is 43.2 Å². The SMILES string of the molecule is CN/C(=C\c1c(C)cc(C(N)=O)cc1C)C(=O)OC.CNC(C=O)C(=O)OC.Cc1[c-]c(C)cc(C(=O)O)c1.Cc1cc(C(=O)O)cc(C)c1C=O.Cc1cc(C(N)=O)cc(C)c1C=O.P.[Y]. The summed E-state index contributed by atoms with van der Waals surface area (Å²) in [5.74, 6) is -3.80. The van der Waals surface area contributed by atoms with Crippen molar-refractivity contribution in [3.63, 3.8) is 0 Å². The van der Waals surface area contributed by atoms with Crippen LogP contribution in [0.1, 0.15) is 112 Å². The molecule has 19 heteroatoms. The minimum atomic E-state index is -0.969. The van der Waals surface area contributed by atoms with Gasteiger partial charge >= 0.3 is 23.9 Å². The predicted molar refractivity (Wildman–Crippen MR) is 255 cm³/mol. The number of hydrogen-bond donors (Lipinski definition) is 6. The fraction of sp³-hybridized carbons (Fsp3) is 0.271. The number of nitrogens with two attached hydrogens (primary N) is 2. The van der Waals surface area contributed by atoms with Gasteiger partial charge in [-0.3, -0.25) is 19.2 Å². The summed E-state index contributed by atoms with van der Waals surface area (Å²) >= 11 is 0. The van der Waals surface area contributed by atoms with E-state index in [-0.39, 0.29) is 48.2 Å². The number of benzene rings is 4. The number of carboxylic acids is 2. The normalized spacial score (nSPS) is 10.1. The second-order valence-corrected chi connectivity index (χ2v) is 14.1. The maximum absolute atomic E-state index is 11.5. The summed E-state index contributed by atoms with van der Waals surface area (Å²) in [7, 11) is 5.71. The average Bonchev–Trinajstić information content (AvgIpc) is 3.23. The van der Waals surface area contributed by atoms with E-state index in [0.717, 1.165) is 51.5 Å². The van der Waals surface area contributed by atoms with Gasteiger partial charge < -0.3 is 46.6 Å². The number of likely N-dealkylation sites (N-methyl/N-ethyl adjacent to an activating group) is 2. The Bertz CT molecular complexity index is 2290. The molecule has 4 aromatic carbocycles. The van der Waals surface area contributed by atoms with E-state index in [1.807, 2.05) is 27.7 Å². The van der Waals surface area contributed by atoms with E-state index >= 15 is 0 Å². The minimum absolute atomic E-state index is 0. The van der Waals surface area contributed by atoms with Crippen LogP contribution >= 0.6 is 9.90 Å². The van der Waals surface area contributed by atoms with Crippen molar-refractivity contribution in [1.82, 2.24) is 10.6 Å². The first-order chi connectivity index (χ1) is 30.4. The maximum Gasteiger partial charge on any atom is 0.354 e. The number of ether oxygens (including phenoxy) is 2. The molecule has 0 heterocycles. The zero-order valence-corrected chi connectivity index (χ0v) is 44.1. The second kappa shape index (κ2) is 32.4. The van der Waals surface area contributed by atoms with E-state index in [4.69, 9.17) is 21.7 Å². The molecule has 0 aliphatic rings. The number of aromatic carboxylic acids is 2. The van der Waals surface area contributed by atoms with Crippen LogP contribution in [0.15, 0.2) is 54.2 Å². The topological polar surface area (TPSA) is 289 Å². The first-order valence-electron chi connectivity index (χ1n) is 19.4. The average molecular weight is 1020 g/mol. The second-order valence-electron chi connectivity index (χ2n) is 14.1. The fourth-order valence-corrected chi connectivity index (χ4v) is 5.80. The molecule has 0 saturated carbocycles. The zero-order valence-electron chi connectivity index (χ0n) is 39.8. The summed E-state index contributed by atoms with van der Waals surface area (Å²) in [6, 6.07) is 15.0. The largest absolute Gasteiger partial charge is 0.479 e. The molecule has 4 aromatic rings. The number of carbonyl (C=O) groups excluding carboxylic acids is 7. The number of methoxy groups -OCH3 is 2. The van der Waals surface area contributed by atoms with Gasteiger partial charge in [0.05, 0.1) is 19.8 Å². The van der Waals surface area contributed by atoms with Gasteiger partial charge in [-0.15, -0.1) is 0 Å². The van der Waals surface area contributed by atoms with Gasteiger partial charge in [0.1, 0.15) is 12.0 Å². The molecule has 0 aromatic heterocycles. The Morgan fingerprint density at radius 2 is 0.910 bits per heavy atom. The molecule has 2 unspecified atom stereocenters. The zero-order chi connectivity index (χ0) is 50.3. The first-order valence-corrected chi connectivity index (χ1v) is 19.4. The summed E-state index contributed by atoms with van der Waals surface area (Å²) in [4.78, 5) is 96.3. The minimum Gasteiger partial charge on any atom is -0.479 e. The Morgan fingerprint density at radius 3 is 1.15 bits per heavy atom. The molecule has 8 N–H and O–H groups in total. The third-order valence-corrected chi connectivity index (χ3v) is 9.08. The summed E-state index contributed by atoms with van der Waals surface area (Å²) in [6.07, 6.45) is 3.72. The molecule has 0 fully saturated rings. The molecule has 0 aliphatic carbocycles. The van der Waals surface area contributed by atoms with Crippen LogP contribution in [0.2, 0.25) is 0 Å². The van der Waals surface area contributed by atoms with Crippen LogP contribution < -0.4 is 22.1 Å². The molecular formula is C48H60N4O13PY-. The van der Waals surface area contributed by atoms with Crippen molar-refractivity contribution < 1.29 is 95.5 Å². The van der Waals surface area contributed by atoms with Gasteiger partial charge in [0, 0.05) is 62.0 Å². The summed E-state index contributed by atoms with van der Waals surface area (Å²) in [6.45, 7) is 14.4. The Morgan fingerprint density at radius 1 is 0.582 bits per heavy atom. The van der Waals surface area contributed by atoms with Crippen LogP contribution in [0, 0.1) is 61.5 Å². The van der Waals surface area contributed by atoms with Gasteiger partial charge in [0.2, 0.25) is 11.8 Å². The number of primary amides is 2. The number of nitrogens with one attached hydrogen (secondary N) is 2. The molecule has 0 aliphatic heterocycles. The van der Waals surface area contributed by atoms with Crippen molar-refractivity contribution in [2.75, 3.05) is 28.3 Å². The molecule has 0 spiro atoms. The third-order valence-electron chi connectivity index (χ3n) is 9.08. The van der Waals surface area contributed by atoms with Crippen molar-refractivity contribution in [3.05, 3.63) is 144 Å². The number of amides is 2. The van der Waals surface area contributed by atoms with Crippen LogP contribution in [0.5, 0.6) is 0 Å². The molecular weight excluding hydrogens is 960 g/mol. The van der Waals surface area contributed by atoms with Crippen LogP contribution in [0.25, 0.3) is 6.08 Å². The molecule has 0 bridgehead atoms. The summed E-state index contributed by atoms with van der Waals surface area (Å²) in [5.41, 5.74) is 20.7. The quantitative estimate of drug-likeness (QED) is 0.0273. The van der Waals surface area contributed by atoms with Crippen molar-refractivity contribution in [3.8, 4) is 0 Å². The Kier molecular flexibility index (Phi) is 31.5. The van der Waals surface area contributed by atoms with Gasteiger partial charge in [0.25, 0.3) is 0 Å². The van der Waals surface area contributed by atoms with Crippen LogP contribution in [0.3, 0.4) is 0 Å². The predicted octanol–water partition coefficient (Wildman–Crippen LogP) is 4.97. The van der Waals surface area contributed by atoms with Crippen molar-refractivity contribution in [2.24, 2.45) is 11.5 Å². The van der Waals surface area contributed by atoms with E-state index < -0.39 is 41.7 Å². The van der Waals surface area contributed by atoms with Gasteiger partial charge in [-0.1, -0.05) is 13.8 Å². The van der Waals surface area contributed by atoms with Gasteiger partial charge in [-0.25, -0.2) is 19.2 Å². The van der Waals surface area contributed by atoms with Crippen LogP contribution in [-0.2, 0) is 56.6 Å². The number of hydrogen-bond acceptors (Lipinski definition) is 13. The molecule has 2 amide bonds. The van der Waals surface area contributed by atoms with Crippen LogP contribution in [-0.4, -0.2) is 99.1 Å². The molecule has 0 saturated heterocycles. The molecule has 4 rings (SSSR count). The Labute approximate surface area is 419 Å². The van der Waals surface area contributed by atoms with Crippen LogP contribution in [0.4, 0.5) is 0 Å². The summed E-state index contributed by atoms with van der Waals surface area (Å²) in [5, 5.41) is 22.6. The maximum atomic E-state index is 11.5. The van der Waals surface area contributed by atoms with E-state index in [0.29, 0.717) is 50.9 Å². The van der Waals surface area contributed by atoms with Crippen molar-refractivity contribution in [1.29, 1.82) is 0 Å². The first kappa shape index (κ1) is 65.0. The molecule has 67 heavy (non-hydrogen) atoms. The standard InChI is InChI=1S/C14H18N2O3.C10H11NO2.C10H10O3.C9H9O2.C5H9NO3.H3P.Y/c1-8-5-10(13(15)17)6-9(2)11(8)7-12(16-3)14(18)19-4;1-6-3-8(10(11)13)4-7(2)9(6)5-12;1-6-3-8(10(12)13)4-7(2)9(6)5-11;1-6-3-7(2)5-8(4-6)9(10)11;1-6-4(3-7)5(8)9-2;;/h5-7,16H,1-4H3,(H2,15,17);3-5H,1-2H3,(H2,11,13);3-5H,1-2H3,(H,12,13);4-5H,1-2H3,(H,10,11);3-4,6H,1-2H3;1H3;/q;;;-1;;;/b12-7-;;;;;;. The fourth-order valence-electron chi connectivity index (χ4n) is 5.80. The van der Waals surface area contributed by atoms with Gasteiger partial charge in [-0.2, -0.15) is 39.2 Å².